The van der Waals surface area contributed by atoms with Gasteiger partial charge in [-0.2, -0.15) is 9.90 Å². The number of aromatic nitrogens is 3. The maximum atomic E-state index is 13.3. The molecule has 9 heteroatoms. The van der Waals surface area contributed by atoms with Crippen LogP contribution in [0.25, 0.3) is 0 Å². The molecule has 2 N–H and O–H groups in total. The number of hydrogen-bond acceptors (Lipinski definition) is 7. The number of rotatable bonds is 7. The maximum Gasteiger partial charge on any atom is 0.153 e. The minimum atomic E-state index is -0.262. The molecule has 1 saturated carbocycles. The van der Waals surface area contributed by atoms with Gasteiger partial charge < -0.3 is 10.7 Å². The zero-order valence-corrected chi connectivity index (χ0v) is 20.4. The van der Waals surface area contributed by atoms with Crippen molar-refractivity contribution in [3.63, 3.8) is 0 Å². The van der Waals surface area contributed by atoms with Gasteiger partial charge in [0.2, 0.25) is 0 Å². The maximum absolute atomic E-state index is 13.3. The Bertz CT molecular complexity index is 1160. The van der Waals surface area contributed by atoms with Crippen LogP contribution >= 0.6 is 11.9 Å². The highest BCUT2D eigenvalue weighted by molar-refractivity contribution is 7.97. The van der Waals surface area contributed by atoms with Gasteiger partial charge in [0.05, 0.1) is 6.20 Å². The topological polar surface area (TPSA) is 73.1 Å². The van der Waals surface area contributed by atoms with Gasteiger partial charge in [0.25, 0.3) is 0 Å². The third-order valence-electron chi connectivity index (χ3n) is 6.81. The summed E-state index contributed by atoms with van der Waals surface area (Å²) in [5.74, 6) is -0.262. The lowest BCUT2D eigenvalue weighted by atomic mass is 9.87. The molecule has 2 aromatic carbocycles. The molecule has 1 aliphatic carbocycles. The summed E-state index contributed by atoms with van der Waals surface area (Å²) in [5.41, 5.74) is 4.95. The van der Waals surface area contributed by atoms with Gasteiger partial charge in [-0.15, -0.1) is 5.10 Å². The number of halogens is 1. The summed E-state index contributed by atoms with van der Waals surface area (Å²) in [6.07, 6.45) is 7.03. The number of anilines is 2. The first-order valence-electron chi connectivity index (χ1n) is 11.7. The summed E-state index contributed by atoms with van der Waals surface area (Å²) >= 11 is 1.67. The molecule has 2 fully saturated rings. The van der Waals surface area contributed by atoms with Crippen LogP contribution in [-0.4, -0.2) is 56.1 Å². The van der Waals surface area contributed by atoms with Crippen LogP contribution in [0.4, 0.5) is 15.8 Å². The first kappa shape index (κ1) is 23.0. The highest BCUT2D eigenvalue weighted by Crippen LogP contribution is 2.39. The van der Waals surface area contributed by atoms with Gasteiger partial charge in [-0.1, -0.05) is 6.42 Å². The number of nitrogens with zero attached hydrogens (tertiary/aromatic N) is 5. The van der Waals surface area contributed by atoms with Crippen molar-refractivity contribution in [2.45, 2.75) is 43.3 Å². The summed E-state index contributed by atoms with van der Waals surface area (Å²) in [4.78, 5) is 4.26. The van der Waals surface area contributed by atoms with Gasteiger partial charge in [0, 0.05) is 61.9 Å². The molecule has 2 heterocycles. The molecule has 0 bridgehead atoms. The van der Waals surface area contributed by atoms with Crippen LogP contribution in [0, 0.1) is 18.2 Å². The van der Waals surface area contributed by atoms with Crippen molar-refractivity contribution >= 4 is 29.5 Å². The fourth-order valence-corrected chi connectivity index (χ4v) is 5.71. The van der Waals surface area contributed by atoms with Gasteiger partial charge in [0.15, 0.2) is 5.03 Å². The number of piperazine rings is 1. The molecule has 0 amide bonds. The first-order valence-corrected chi connectivity index (χ1v) is 12.5. The lowest BCUT2D eigenvalue weighted by Crippen LogP contribution is -2.52. The van der Waals surface area contributed by atoms with Gasteiger partial charge in [0.1, 0.15) is 5.82 Å². The summed E-state index contributed by atoms with van der Waals surface area (Å²) in [7, 11) is 1.84. The third kappa shape index (κ3) is 4.87. The normalized spacial score (nSPS) is 19.7. The van der Waals surface area contributed by atoms with E-state index in [4.69, 9.17) is 5.41 Å². The van der Waals surface area contributed by atoms with E-state index in [0.29, 0.717) is 6.04 Å². The number of nitrogens with one attached hydrogen (secondary N) is 2. The fraction of sp³-hybridized carbons (Fsp3) is 0.400. The summed E-state index contributed by atoms with van der Waals surface area (Å²) in [6.45, 7) is 5.03. The minimum absolute atomic E-state index is 0.252. The van der Waals surface area contributed by atoms with Crippen LogP contribution in [-0.2, 0) is 7.05 Å². The largest absolute Gasteiger partial charge is 0.355 e. The Balaban J connectivity index is 1.42. The molecule has 34 heavy (non-hydrogen) atoms. The van der Waals surface area contributed by atoms with E-state index >= 15 is 0 Å². The average Bonchev–Trinajstić information content (AvgIpc) is 3.20. The second kappa shape index (κ2) is 9.85. The predicted octanol–water partition coefficient (Wildman–Crippen LogP) is 4.92. The van der Waals surface area contributed by atoms with E-state index in [9.17, 15) is 4.39 Å². The van der Waals surface area contributed by atoms with Crippen molar-refractivity contribution in [3.05, 3.63) is 65.1 Å². The Morgan fingerprint density at radius 2 is 1.97 bits per heavy atom. The number of hydrogen-bond donors (Lipinski definition) is 2. The molecule has 3 aromatic rings. The van der Waals surface area contributed by atoms with E-state index in [1.165, 1.54) is 48.7 Å². The quantitative estimate of drug-likeness (QED) is 0.370. The molecular formula is C25H30FN7S. The molecule has 5 rings (SSSR count). The SMILES string of the molecule is Cc1cc(Nc2ccc(F)cc2)c(C=N)cc1C1CN(Sc2cnn(C)n2)CCN1C1CCC1. The van der Waals surface area contributed by atoms with E-state index in [0.717, 1.165) is 41.6 Å². The van der Waals surface area contributed by atoms with Gasteiger partial charge in [-0.25, -0.2) is 8.70 Å². The second-order valence-electron chi connectivity index (χ2n) is 9.06. The predicted molar refractivity (Wildman–Crippen MR) is 134 cm³/mol. The molecule has 0 spiro atoms. The Morgan fingerprint density at radius 3 is 2.62 bits per heavy atom. The number of aryl methyl sites for hydroxylation is 2. The van der Waals surface area contributed by atoms with Crippen LogP contribution < -0.4 is 5.32 Å². The third-order valence-corrected chi connectivity index (χ3v) is 7.77. The first-order chi connectivity index (χ1) is 16.5. The van der Waals surface area contributed by atoms with Gasteiger partial charge >= 0.3 is 0 Å². The smallest absolute Gasteiger partial charge is 0.153 e. The summed E-state index contributed by atoms with van der Waals surface area (Å²) in [6, 6.07) is 11.5. The molecule has 1 aromatic heterocycles. The Hall–Kier alpha value is -2.75. The molecule has 1 atom stereocenters. The van der Waals surface area contributed by atoms with Crippen LogP contribution in [0.15, 0.2) is 47.6 Å². The zero-order valence-electron chi connectivity index (χ0n) is 19.5. The molecule has 0 radical (unpaired) electrons. The van der Waals surface area contributed by atoms with Crippen LogP contribution in [0.5, 0.6) is 0 Å². The van der Waals surface area contributed by atoms with E-state index in [1.54, 1.807) is 28.9 Å². The van der Waals surface area contributed by atoms with E-state index in [2.05, 4.69) is 43.8 Å². The molecule has 7 nitrogen and oxygen atoms in total. The molecule has 2 aliphatic rings. The summed E-state index contributed by atoms with van der Waals surface area (Å²) in [5, 5.41) is 21.0. The van der Waals surface area contributed by atoms with Crippen molar-refractivity contribution < 1.29 is 4.39 Å². The van der Waals surface area contributed by atoms with Crippen LogP contribution in [0.1, 0.15) is 42.0 Å². The van der Waals surface area contributed by atoms with Crippen molar-refractivity contribution in [1.82, 2.24) is 24.2 Å². The van der Waals surface area contributed by atoms with Crippen molar-refractivity contribution in [2.24, 2.45) is 7.05 Å². The molecule has 1 saturated heterocycles. The van der Waals surface area contributed by atoms with Crippen LogP contribution in [0.3, 0.4) is 0 Å². The monoisotopic (exact) mass is 479 g/mol. The molecular weight excluding hydrogens is 449 g/mol. The fourth-order valence-electron chi connectivity index (χ4n) is 4.81. The van der Waals surface area contributed by atoms with Gasteiger partial charge in [-0.05, 0) is 79.2 Å². The Morgan fingerprint density at radius 1 is 1.18 bits per heavy atom. The molecule has 178 valence electrons. The lowest BCUT2D eigenvalue weighted by molar-refractivity contribution is 0.0387. The van der Waals surface area contributed by atoms with Crippen molar-refractivity contribution in [1.29, 1.82) is 5.41 Å². The zero-order chi connectivity index (χ0) is 23.7. The number of benzene rings is 2. The molecule has 1 unspecified atom stereocenters. The standard InChI is InChI=1S/C25H30FN7S/c1-17-12-23(29-20-8-6-19(26)7-9-20)18(14-27)13-22(17)24-16-32(34-25-15-28-31(2)30-25)10-11-33(24)21-4-3-5-21/h6-9,12-15,21,24,27,29H,3-5,10-11,16H2,1-2H3. The van der Waals surface area contributed by atoms with E-state index in [1.807, 2.05) is 13.2 Å². The minimum Gasteiger partial charge on any atom is -0.355 e. The Kier molecular flexibility index (Phi) is 6.67. The summed E-state index contributed by atoms with van der Waals surface area (Å²) < 4.78 is 15.7. The van der Waals surface area contributed by atoms with Crippen molar-refractivity contribution in [3.8, 4) is 0 Å². The van der Waals surface area contributed by atoms with Gasteiger partial charge in [-0.3, -0.25) is 4.90 Å². The van der Waals surface area contributed by atoms with E-state index < -0.39 is 0 Å². The average molecular weight is 480 g/mol. The van der Waals surface area contributed by atoms with Crippen LogP contribution in [0.2, 0.25) is 0 Å². The second-order valence-corrected chi connectivity index (χ2v) is 10.2. The Labute approximate surface area is 204 Å². The lowest BCUT2D eigenvalue weighted by Gasteiger charge is -2.48. The van der Waals surface area contributed by atoms with Crippen molar-refractivity contribution in [2.75, 3.05) is 25.0 Å². The highest BCUT2D eigenvalue weighted by atomic mass is 32.2. The molecule has 1 aliphatic heterocycles. The highest BCUT2D eigenvalue weighted by Gasteiger charge is 2.36. The van der Waals surface area contributed by atoms with E-state index in [-0.39, 0.29) is 11.9 Å².